The second-order valence-electron chi connectivity index (χ2n) is 7.61. The number of amides is 1. The Morgan fingerprint density at radius 3 is 2.61 bits per heavy atom. The molecule has 2 aromatic heterocycles. The van der Waals surface area contributed by atoms with E-state index in [1.54, 1.807) is 41.9 Å². The van der Waals surface area contributed by atoms with E-state index in [4.69, 9.17) is 0 Å². The van der Waals surface area contributed by atoms with Gasteiger partial charge in [-0.1, -0.05) is 32.0 Å². The van der Waals surface area contributed by atoms with Gasteiger partial charge in [-0.3, -0.25) is 9.52 Å². The second kappa shape index (κ2) is 9.49. The monoisotopic (exact) mass is 458 g/mol. The SMILES string of the molecule is Cc1cc(C=NNC(=O)c2ccccc2NS(=O)(=O)c2cccs2)c(C)n1CC(C)C. The molecule has 0 aliphatic carbocycles. The van der Waals surface area contributed by atoms with E-state index in [9.17, 15) is 13.2 Å². The minimum atomic E-state index is -3.76. The van der Waals surface area contributed by atoms with Gasteiger partial charge in [-0.25, -0.2) is 13.8 Å². The van der Waals surface area contributed by atoms with Crippen LogP contribution in [0.5, 0.6) is 0 Å². The molecule has 0 fully saturated rings. The molecule has 0 saturated carbocycles. The number of sulfonamides is 1. The van der Waals surface area contributed by atoms with E-state index in [0.29, 0.717) is 5.92 Å². The standard InChI is InChI=1S/C22H26N4O3S2/c1-15(2)14-26-16(3)12-18(17(26)4)13-23-24-22(27)19-8-5-6-9-20(19)25-31(28,29)21-10-7-11-30-21/h5-13,15,25H,14H2,1-4H3,(H,24,27). The van der Waals surface area contributed by atoms with Crippen molar-refractivity contribution in [1.29, 1.82) is 0 Å². The summed E-state index contributed by atoms with van der Waals surface area (Å²) in [5, 5.41) is 5.77. The number of aryl methyl sites for hydroxylation is 1. The van der Waals surface area contributed by atoms with Gasteiger partial charge in [-0.2, -0.15) is 5.10 Å². The van der Waals surface area contributed by atoms with Crippen LogP contribution in [-0.2, 0) is 16.6 Å². The Bertz CT molecular complexity index is 1190. The molecule has 3 aromatic rings. The second-order valence-corrected chi connectivity index (χ2v) is 10.5. The van der Waals surface area contributed by atoms with E-state index in [2.05, 4.69) is 33.7 Å². The first kappa shape index (κ1) is 22.8. The predicted molar refractivity (Wildman–Crippen MR) is 125 cm³/mol. The summed E-state index contributed by atoms with van der Waals surface area (Å²) in [6, 6.07) is 11.6. The molecule has 9 heteroatoms. The number of para-hydroxylation sites is 1. The van der Waals surface area contributed by atoms with Crippen LogP contribution in [0.4, 0.5) is 5.69 Å². The smallest absolute Gasteiger partial charge is 0.273 e. The highest BCUT2D eigenvalue weighted by Crippen LogP contribution is 2.23. The van der Waals surface area contributed by atoms with Crippen LogP contribution in [0, 0.1) is 19.8 Å². The van der Waals surface area contributed by atoms with Crippen molar-refractivity contribution < 1.29 is 13.2 Å². The number of hydrazone groups is 1. The fourth-order valence-electron chi connectivity index (χ4n) is 3.21. The van der Waals surface area contributed by atoms with Gasteiger partial charge >= 0.3 is 0 Å². The molecule has 2 heterocycles. The van der Waals surface area contributed by atoms with Crippen LogP contribution >= 0.6 is 11.3 Å². The van der Waals surface area contributed by atoms with E-state index >= 15 is 0 Å². The number of aromatic nitrogens is 1. The number of rotatable bonds is 8. The van der Waals surface area contributed by atoms with Gasteiger partial charge in [0.2, 0.25) is 0 Å². The number of benzene rings is 1. The zero-order chi connectivity index (χ0) is 22.6. The fraction of sp³-hybridized carbons (Fsp3) is 0.273. The molecule has 0 aliphatic rings. The predicted octanol–water partition coefficient (Wildman–Crippen LogP) is 4.39. The normalized spacial score (nSPS) is 11.9. The third-order valence-corrected chi connectivity index (χ3v) is 7.47. The molecule has 2 N–H and O–H groups in total. The van der Waals surface area contributed by atoms with Crippen molar-refractivity contribution in [2.45, 2.75) is 38.4 Å². The summed E-state index contributed by atoms with van der Waals surface area (Å²) < 4.78 is 29.9. The summed E-state index contributed by atoms with van der Waals surface area (Å²) in [7, 11) is -3.76. The first-order chi connectivity index (χ1) is 14.7. The quantitative estimate of drug-likeness (QED) is 0.387. The highest BCUT2D eigenvalue weighted by atomic mass is 32.2. The lowest BCUT2D eigenvalue weighted by Crippen LogP contribution is -2.21. The van der Waals surface area contributed by atoms with Gasteiger partial charge in [-0.05, 0) is 49.4 Å². The van der Waals surface area contributed by atoms with E-state index in [0.717, 1.165) is 34.8 Å². The van der Waals surface area contributed by atoms with Crippen LogP contribution < -0.4 is 10.1 Å². The molecule has 3 rings (SSSR count). The largest absolute Gasteiger partial charge is 0.348 e. The Kier molecular flexibility index (Phi) is 6.97. The van der Waals surface area contributed by atoms with Crippen LogP contribution in [0.3, 0.4) is 0 Å². The number of hydrogen-bond donors (Lipinski definition) is 2. The van der Waals surface area contributed by atoms with Gasteiger partial charge in [0.15, 0.2) is 0 Å². The summed E-state index contributed by atoms with van der Waals surface area (Å²) in [5.74, 6) is 0.0143. The minimum absolute atomic E-state index is 0.178. The molecule has 0 spiro atoms. The summed E-state index contributed by atoms with van der Waals surface area (Å²) in [4.78, 5) is 12.7. The zero-order valence-corrected chi connectivity index (χ0v) is 19.5. The summed E-state index contributed by atoms with van der Waals surface area (Å²) >= 11 is 1.11. The molecule has 0 bridgehead atoms. The van der Waals surface area contributed by atoms with Crippen molar-refractivity contribution in [3.63, 3.8) is 0 Å². The van der Waals surface area contributed by atoms with E-state index in [-0.39, 0.29) is 15.5 Å². The van der Waals surface area contributed by atoms with Crippen LogP contribution in [0.25, 0.3) is 0 Å². The van der Waals surface area contributed by atoms with Crippen LogP contribution in [-0.4, -0.2) is 25.1 Å². The zero-order valence-electron chi connectivity index (χ0n) is 17.9. The van der Waals surface area contributed by atoms with Crippen LogP contribution in [0.2, 0.25) is 0 Å². The molecular formula is C22H26N4O3S2. The molecule has 1 amide bonds. The highest BCUT2D eigenvalue weighted by molar-refractivity contribution is 7.94. The molecule has 7 nitrogen and oxygen atoms in total. The summed E-state index contributed by atoms with van der Waals surface area (Å²) in [6.07, 6.45) is 1.61. The lowest BCUT2D eigenvalue weighted by Gasteiger charge is -2.12. The highest BCUT2D eigenvalue weighted by Gasteiger charge is 2.19. The van der Waals surface area contributed by atoms with Crippen LogP contribution in [0.15, 0.2) is 57.2 Å². The van der Waals surface area contributed by atoms with Gasteiger partial charge in [0.05, 0.1) is 17.5 Å². The molecule has 0 unspecified atom stereocenters. The number of thiophene rings is 1. The van der Waals surface area contributed by atoms with Gasteiger partial charge in [0, 0.05) is 23.5 Å². The molecule has 164 valence electrons. The molecule has 0 saturated heterocycles. The molecule has 0 atom stereocenters. The maximum absolute atomic E-state index is 12.7. The maximum atomic E-state index is 12.7. The number of carbonyl (C=O) groups excluding carboxylic acids is 1. The van der Waals surface area contributed by atoms with Crippen LogP contribution in [0.1, 0.15) is 41.2 Å². The van der Waals surface area contributed by atoms with Crippen molar-refractivity contribution in [1.82, 2.24) is 9.99 Å². The van der Waals surface area contributed by atoms with E-state index in [1.807, 2.05) is 19.9 Å². The average molecular weight is 459 g/mol. The van der Waals surface area contributed by atoms with Crippen molar-refractivity contribution in [2.75, 3.05) is 4.72 Å². The van der Waals surface area contributed by atoms with Crippen molar-refractivity contribution >= 4 is 39.2 Å². The van der Waals surface area contributed by atoms with E-state index in [1.165, 1.54) is 6.07 Å². The first-order valence-electron chi connectivity index (χ1n) is 9.84. The molecular weight excluding hydrogens is 432 g/mol. The summed E-state index contributed by atoms with van der Waals surface area (Å²) in [5.41, 5.74) is 6.00. The Hall–Kier alpha value is -2.91. The maximum Gasteiger partial charge on any atom is 0.273 e. The number of hydrogen-bond acceptors (Lipinski definition) is 5. The molecule has 31 heavy (non-hydrogen) atoms. The van der Waals surface area contributed by atoms with Gasteiger partial charge in [0.1, 0.15) is 4.21 Å². The number of nitrogens with zero attached hydrogens (tertiary/aromatic N) is 2. The lowest BCUT2D eigenvalue weighted by molar-refractivity contribution is 0.0956. The van der Waals surface area contributed by atoms with Crippen molar-refractivity contribution in [3.8, 4) is 0 Å². The summed E-state index contributed by atoms with van der Waals surface area (Å²) in [6.45, 7) is 9.30. The number of carbonyl (C=O) groups is 1. The molecule has 1 aromatic carbocycles. The number of nitrogens with one attached hydrogen (secondary N) is 2. The van der Waals surface area contributed by atoms with Crippen molar-refractivity contribution in [3.05, 3.63) is 70.4 Å². The lowest BCUT2D eigenvalue weighted by atomic mass is 10.2. The molecule has 0 aliphatic heterocycles. The Balaban J connectivity index is 1.75. The Morgan fingerprint density at radius 1 is 1.19 bits per heavy atom. The first-order valence-corrected chi connectivity index (χ1v) is 12.2. The van der Waals surface area contributed by atoms with E-state index < -0.39 is 15.9 Å². The Labute approximate surface area is 186 Å². The topological polar surface area (TPSA) is 92.6 Å². The van der Waals surface area contributed by atoms with Gasteiger partial charge in [0.25, 0.3) is 15.9 Å². The van der Waals surface area contributed by atoms with Gasteiger partial charge < -0.3 is 4.57 Å². The third kappa shape index (κ3) is 5.42. The fourth-order valence-corrected chi connectivity index (χ4v) is 5.28. The minimum Gasteiger partial charge on any atom is -0.348 e. The molecule has 0 radical (unpaired) electrons. The van der Waals surface area contributed by atoms with Gasteiger partial charge in [-0.15, -0.1) is 11.3 Å². The number of anilines is 1. The van der Waals surface area contributed by atoms with Crippen molar-refractivity contribution in [2.24, 2.45) is 11.0 Å². The Morgan fingerprint density at radius 2 is 1.94 bits per heavy atom. The third-order valence-electron chi connectivity index (χ3n) is 4.71. The average Bonchev–Trinajstić information content (AvgIpc) is 3.34.